The molecule has 1 N–H and O–H groups in total. The second-order valence-electron chi connectivity index (χ2n) is 4.92. The van der Waals surface area contributed by atoms with Gasteiger partial charge in [0.05, 0.1) is 0 Å². The van der Waals surface area contributed by atoms with Gasteiger partial charge in [-0.05, 0) is 24.3 Å². The highest BCUT2D eigenvalue weighted by atomic mass is 19.1. The van der Waals surface area contributed by atoms with Gasteiger partial charge in [-0.25, -0.2) is 8.78 Å². The number of hydrogen-bond acceptors (Lipinski definition) is 2. The molecule has 104 valence electrons. The second kappa shape index (κ2) is 5.59. The van der Waals surface area contributed by atoms with E-state index in [2.05, 4.69) is 5.32 Å². The molecule has 0 saturated heterocycles. The molecular formula is C16H15F2NO. The molecule has 0 aromatic heterocycles. The Kier molecular flexibility index (Phi) is 3.65. The number of benzene rings is 2. The van der Waals surface area contributed by atoms with Crippen molar-refractivity contribution in [1.29, 1.82) is 0 Å². The summed E-state index contributed by atoms with van der Waals surface area (Å²) in [6.07, 6.45) is 0.649. The molecule has 0 aliphatic carbocycles. The number of nitrogens with one attached hydrogen (secondary N) is 1. The zero-order valence-electron chi connectivity index (χ0n) is 10.9. The van der Waals surface area contributed by atoms with Gasteiger partial charge in [0.1, 0.15) is 23.5 Å². The van der Waals surface area contributed by atoms with Crippen molar-refractivity contribution >= 4 is 0 Å². The number of rotatable bonds is 4. The summed E-state index contributed by atoms with van der Waals surface area (Å²) < 4.78 is 32.2. The fourth-order valence-electron chi connectivity index (χ4n) is 2.41. The molecule has 1 aliphatic rings. The Morgan fingerprint density at radius 1 is 1.15 bits per heavy atom. The molecular weight excluding hydrogens is 260 g/mol. The Balaban J connectivity index is 1.53. The predicted octanol–water partition coefficient (Wildman–Crippen LogP) is 3.06. The zero-order chi connectivity index (χ0) is 13.9. The lowest BCUT2D eigenvalue weighted by molar-refractivity contribution is 0.227. The minimum atomic E-state index is -0.243. The molecule has 0 spiro atoms. The summed E-state index contributed by atoms with van der Waals surface area (Å²) in [5.74, 6) is 0.286. The van der Waals surface area contributed by atoms with Crippen molar-refractivity contribution in [2.75, 3.05) is 6.54 Å². The van der Waals surface area contributed by atoms with Gasteiger partial charge in [-0.1, -0.05) is 18.2 Å². The predicted molar refractivity (Wildman–Crippen MR) is 72.6 cm³/mol. The van der Waals surface area contributed by atoms with E-state index in [0.29, 0.717) is 25.1 Å². The van der Waals surface area contributed by atoms with Crippen molar-refractivity contribution in [3.63, 3.8) is 0 Å². The average molecular weight is 275 g/mol. The van der Waals surface area contributed by atoms with E-state index in [4.69, 9.17) is 4.74 Å². The Morgan fingerprint density at radius 3 is 2.85 bits per heavy atom. The lowest BCUT2D eigenvalue weighted by Gasteiger charge is -2.12. The summed E-state index contributed by atoms with van der Waals surface area (Å²) in [5.41, 5.74) is 1.52. The minimum absolute atomic E-state index is 0.0291. The summed E-state index contributed by atoms with van der Waals surface area (Å²) in [7, 11) is 0. The van der Waals surface area contributed by atoms with E-state index in [0.717, 1.165) is 11.3 Å². The maximum atomic E-state index is 13.4. The van der Waals surface area contributed by atoms with Crippen LogP contribution in [0.3, 0.4) is 0 Å². The Bertz CT molecular complexity index is 615. The molecule has 2 aromatic rings. The van der Waals surface area contributed by atoms with Crippen molar-refractivity contribution in [1.82, 2.24) is 5.32 Å². The van der Waals surface area contributed by atoms with Gasteiger partial charge >= 0.3 is 0 Å². The maximum Gasteiger partial charge on any atom is 0.127 e. The quantitative estimate of drug-likeness (QED) is 0.926. The smallest absolute Gasteiger partial charge is 0.127 e. The topological polar surface area (TPSA) is 21.3 Å². The molecule has 20 heavy (non-hydrogen) atoms. The Morgan fingerprint density at radius 2 is 2.00 bits per heavy atom. The van der Waals surface area contributed by atoms with Crippen LogP contribution in [-0.2, 0) is 13.0 Å². The molecule has 2 aromatic carbocycles. The van der Waals surface area contributed by atoms with Crippen LogP contribution in [0.1, 0.15) is 11.1 Å². The number of halogens is 2. The van der Waals surface area contributed by atoms with Gasteiger partial charge in [-0.15, -0.1) is 0 Å². The first-order valence-corrected chi connectivity index (χ1v) is 6.61. The van der Waals surface area contributed by atoms with E-state index >= 15 is 0 Å². The van der Waals surface area contributed by atoms with Crippen LogP contribution in [0.15, 0.2) is 42.5 Å². The van der Waals surface area contributed by atoms with Gasteiger partial charge in [0.2, 0.25) is 0 Å². The highest BCUT2D eigenvalue weighted by Gasteiger charge is 2.22. The molecule has 4 heteroatoms. The summed E-state index contributed by atoms with van der Waals surface area (Å²) in [5, 5.41) is 3.18. The third-order valence-electron chi connectivity index (χ3n) is 3.41. The molecule has 3 rings (SSSR count). The fraction of sp³-hybridized carbons (Fsp3) is 0.250. The van der Waals surface area contributed by atoms with Crippen LogP contribution in [0.2, 0.25) is 0 Å². The van der Waals surface area contributed by atoms with E-state index in [1.807, 2.05) is 6.07 Å². The monoisotopic (exact) mass is 275 g/mol. The summed E-state index contributed by atoms with van der Waals surface area (Å²) in [6.45, 7) is 1.06. The van der Waals surface area contributed by atoms with E-state index in [1.165, 1.54) is 18.2 Å². The van der Waals surface area contributed by atoms with Crippen LogP contribution in [0.4, 0.5) is 8.78 Å². The molecule has 1 aliphatic heterocycles. The van der Waals surface area contributed by atoms with Crippen LogP contribution < -0.4 is 10.1 Å². The second-order valence-corrected chi connectivity index (χ2v) is 4.92. The van der Waals surface area contributed by atoms with Crippen molar-refractivity contribution < 1.29 is 13.5 Å². The number of ether oxygens (including phenoxy) is 1. The Labute approximate surface area is 116 Å². The van der Waals surface area contributed by atoms with Crippen LogP contribution in [-0.4, -0.2) is 12.6 Å². The first-order valence-electron chi connectivity index (χ1n) is 6.61. The first kappa shape index (κ1) is 13.1. The van der Waals surface area contributed by atoms with Gasteiger partial charge in [0.15, 0.2) is 0 Å². The van der Waals surface area contributed by atoms with Gasteiger partial charge in [0, 0.05) is 30.6 Å². The van der Waals surface area contributed by atoms with E-state index < -0.39 is 0 Å². The zero-order valence-corrected chi connectivity index (χ0v) is 10.9. The van der Waals surface area contributed by atoms with Crippen LogP contribution in [0.25, 0.3) is 0 Å². The molecule has 0 radical (unpaired) electrons. The number of hydrogen-bond donors (Lipinski definition) is 1. The van der Waals surface area contributed by atoms with Gasteiger partial charge in [0.25, 0.3) is 0 Å². The van der Waals surface area contributed by atoms with Crippen molar-refractivity contribution in [3.05, 3.63) is 65.2 Å². The van der Waals surface area contributed by atoms with Gasteiger partial charge in [-0.3, -0.25) is 0 Å². The van der Waals surface area contributed by atoms with Gasteiger partial charge in [-0.2, -0.15) is 0 Å². The fourth-order valence-corrected chi connectivity index (χ4v) is 2.41. The molecule has 1 unspecified atom stereocenters. The van der Waals surface area contributed by atoms with Gasteiger partial charge < -0.3 is 10.1 Å². The minimum Gasteiger partial charge on any atom is -0.488 e. The maximum absolute atomic E-state index is 13.4. The van der Waals surface area contributed by atoms with E-state index in [1.54, 1.807) is 18.2 Å². The van der Waals surface area contributed by atoms with Crippen LogP contribution in [0.5, 0.6) is 5.75 Å². The van der Waals surface area contributed by atoms with Crippen LogP contribution in [0, 0.1) is 11.6 Å². The van der Waals surface area contributed by atoms with Crippen LogP contribution >= 0.6 is 0 Å². The SMILES string of the molecule is Fc1ccc2c(c1)CC(CNCc1ccccc1F)O2. The molecule has 0 fully saturated rings. The van der Waals surface area contributed by atoms with Crippen molar-refractivity contribution in [2.45, 2.75) is 19.1 Å². The lowest BCUT2D eigenvalue weighted by atomic mass is 10.1. The summed E-state index contributed by atoms with van der Waals surface area (Å²) in [4.78, 5) is 0. The first-order chi connectivity index (χ1) is 9.72. The van der Waals surface area contributed by atoms with E-state index in [9.17, 15) is 8.78 Å². The molecule has 1 heterocycles. The third kappa shape index (κ3) is 2.80. The molecule has 1 atom stereocenters. The van der Waals surface area contributed by atoms with Crippen molar-refractivity contribution in [3.8, 4) is 5.75 Å². The normalized spacial score (nSPS) is 16.8. The largest absolute Gasteiger partial charge is 0.488 e. The molecule has 0 saturated carbocycles. The summed E-state index contributed by atoms with van der Waals surface area (Å²) in [6, 6.07) is 11.2. The molecule has 2 nitrogen and oxygen atoms in total. The average Bonchev–Trinajstić information content (AvgIpc) is 2.83. The standard InChI is InChI=1S/C16H15F2NO/c17-13-5-6-16-12(7-13)8-14(20-16)10-19-9-11-3-1-2-4-15(11)18/h1-7,14,19H,8-10H2. The third-order valence-corrected chi connectivity index (χ3v) is 3.41. The number of fused-ring (bicyclic) bond motifs is 1. The van der Waals surface area contributed by atoms with E-state index in [-0.39, 0.29) is 17.7 Å². The Hall–Kier alpha value is -1.94. The lowest BCUT2D eigenvalue weighted by Crippen LogP contribution is -2.29. The molecule has 0 amide bonds. The van der Waals surface area contributed by atoms with Crippen molar-refractivity contribution in [2.24, 2.45) is 0 Å². The molecule has 0 bridgehead atoms. The highest BCUT2D eigenvalue weighted by molar-refractivity contribution is 5.37. The summed E-state index contributed by atoms with van der Waals surface area (Å²) >= 11 is 0. The highest BCUT2D eigenvalue weighted by Crippen LogP contribution is 2.28.